The lowest BCUT2D eigenvalue weighted by molar-refractivity contribution is 0.772. The van der Waals surface area contributed by atoms with E-state index in [0.29, 0.717) is 10.6 Å². The average molecular weight is 276 g/mol. The van der Waals surface area contributed by atoms with Gasteiger partial charge in [-0.25, -0.2) is 4.79 Å². The number of hydrogen-bond donors (Lipinski definition) is 2. The van der Waals surface area contributed by atoms with Crippen LogP contribution in [0, 0.1) is 6.92 Å². The van der Waals surface area contributed by atoms with Crippen LogP contribution < -0.4 is 11.2 Å². The minimum Gasteiger partial charge on any atom is -0.301 e. The van der Waals surface area contributed by atoms with Gasteiger partial charge >= 0.3 is 5.69 Å². The van der Waals surface area contributed by atoms with Crippen LogP contribution in [0.1, 0.15) is 30.9 Å². The van der Waals surface area contributed by atoms with Crippen LogP contribution in [-0.4, -0.2) is 9.97 Å². The number of nitrogens with one attached hydrogen (secondary N) is 2. The number of rotatable bonds is 3. The standard InChI is InChI=1S/C14H16N2O2S/c1-8(2)11-12(17)15-14(18)16-13(11)19-10-7-5-4-6-9(10)3/h4-8H,1-3H3,(H2,15,16,17,18). The van der Waals surface area contributed by atoms with Crippen molar-refractivity contribution in [3.8, 4) is 0 Å². The van der Waals surface area contributed by atoms with Crippen LogP contribution in [-0.2, 0) is 0 Å². The van der Waals surface area contributed by atoms with E-state index in [0.717, 1.165) is 10.5 Å². The number of aryl methyl sites for hydroxylation is 1. The fourth-order valence-electron chi connectivity index (χ4n) is 1.86. The smallest absolute Gasteiger partial charge is 0.301 e. The van der Waals surface area contributed by atoms with Crippen LogP contribution in [0.15, 0.2) is 43.8 Å². The maximum absolute atomic E-state index is 11.9. The van der Waals surface area contributed by atoms with Crippen LogP contribution in [0.4, 0.5) is 0 Å². The molecule has 0 saturated heterocycles. The molecule has 0 amide bonds. The van der Waals surface area contributed by atoms with Crippen LogP contribution in [0.2, 0.25) is 0 Å². The number of hydrogen-bond acceptors (Lipinski definition) is 3. The summed E-state index contributed by atoms with van der Waals surface area (Å²) < 4.78 is 0. The highest BCUT2D eigenvalue weighted by Gasteiger charge is 2.14. The largest absolute Gasteiger partial charge is 0.326 e. The van der Waals surface area contributed by atoms with Crippen LogP contribution in [0.3, 0.4) is 0 Å². The number of aromatic nitrogens is 2. The molecular formula is C14H16N2O2S. The van der Waals surface area contributed by atoms with Gasteiger partial charge in [0.05, 0.1) is 10.6 Å². The van der Waals surface area contributed by atoms with Crippen molar-refractivity contribution < 1.29 is 0 Å². The number of benzene rings is 1. The van der Waals surface area contributed by atoms with E-state index in [1.807, 2.05) is 45.0 Å². The van der Waals surface area contributed by atoms with E-state index in [9.17, 15) is 9.59 Å². The molecule has 4 nitrogen and oxygen atoms in total. The Kier molecular flexibility index (Phi) is 3.95. The minimum atomic E-state index is -0.467. The van der Waals surface area contributed by atoms with Crippen LogP contribution in [0.5, 0.6) is 0 Å². The second kappa shape index (κ2) is 5.48. The second-order valence-corrected chi connectivity index (χ2v) is 5.73. The molecule has 0 aliphatic carbocycles. The molecule has 5 heteroatoms. The topological polar surface area (TPSA) is 65.7 Å². The lowest BCUT2D eigenvalue weighted by atomic mass is 10.1. The van der Waals surface area contributed by atoms with Gasteiger partial charge in [-0.3, -0.25) is 9.78 Å². The monoisotopic (exact) mass is 276 g/mol. The normalized spacial score (nSPS) is 10.9. The summed E-state index contributed by atoms with van der Waals surface area (Å²) in [5.74, 6) is 0.0483. The van der Waals surface area contributed by atoms with Gasteiger partial charge in [-0.1, -0.05) is 43.8 Å². The van der Waals surface area contributed by atoms with Gasteiger partial charge in [-0.2, -0.15) is 0 Å². The Labute approximate surface area is 115 Å². The first-order valence-electron chi connectivity index (χ1n) is 6.09. The molecular weight excluding hydrogens is 260 g/mol. The number of H-pyrrole nitrogens is 2. The third kappa shape index (κ3) is 2.98. The molecule has 0 atom stereocenters. The summed E-state index contributed by atoms with van der Waals surface area (Å²) in [6.07, 6.45) is 0. The zero-order valence-electron chi connectivity index (χ0n) is 11.1. The zero-order valence-corrected chi connectivity index (χ0v) is 11.9. The molecule has 2 N–H and O–H groups in total. The predicted octanol–water partition coefficient (Wildman–Crippen LogP) is 2.65. The van der Waals surface area contributed by atoms with Crippen molar-refractivity contribution in [3.63, 3.8) is 0 Å². The molecule has 0 aliphatic heterocycles. The first-order chi connectivity index (χ1) is 8.99. The van der Waals surface area contributed by atoms with E-state index in [4.69, 9.17) is 0 Å². The molecule has 0 spiro atoms. The Morgan fingerprint density at radius 1 is 1.11 bits per heavy atom. The summed E-state index contributed by atoms with van der Waals surface area (Å²) in [6.45, 7) is 5.87. The Morgan fingerprint density at radius 3 is 2.42 bits per heavy atom. The molecule has 0 fully saturated rings. The molecule has 2 rings (SSSR count). The molecule has 19 heavy (non-hydrogen) atoms. The van der Waals surface area contributed by atoms with Crippen molar-refractivity contribution in [1.29, 1.82) is 0 Å². The molecule has 0 aliphatic rings. The summed E-state index contributed by atoms with van der Waals surface area (Å²) in [5.41, 5.74) is 0.955. The van der Waals surface area contributed by atoms with Gasteiger partial charge < -0.3 is 4.98 Å². The van der Waals surface area contributed by atoms with E-state index >= 15 is 0 Å². The summed E-state index contributed by atoms with van der Waals surface area (Å²) in [5, 5.41) is 0.623. The van der Waals surface area contributed by atoms with E-state index in [2.05, 4.69) is 9.97 Å². The SMILES string of the molecule is Cc1ccccc1Sc1[nH]c(=O)[nH]c(=O)c1C(C)C. The summed E-state index contributed by atoms with van der Waals surface area (Å²) in [7, 11) is 0. The predicted molar refractivity (Wildman–Crippen MR) is 77.1 cm³/mol. The van der Waals surface area contributed by atoms with Crippen LogP contribution >= 0.6 is 11.8 Å². The maximum atomic E-state index is 11.9. The lowest BCUT2D eigenvalue weighted by Gasteiger charge is -2.11. The van der Waals surface area contributed by atoms with Crippen molar-refractivity contribution in [3.05, 3.63) is 56.2 Å². The Bertz CT molecular complexity index is 701. The lowest BCUT2D eigenvalue weighted by Crippen LogP contribution is -2.27. The maximum Gasteiger partial charge on any atom is 0.326 e. The molecule has 2 aromatic rings. The van der Waals surface area contributed by atoms with Gasteiger partial charge in [0.1, 0.15) is 0 Å². The first kappa shape index (κ1) is 13.7. The summed E-state index contributed by atoms with van der Waals surface area (Å²) in [4.78, 5) is 29.4. The van der Waals surface area contributed by atoms with Gasteiger partial charge in [-0.15, -0.1) is 0 Å². The highest BCUT2D eigenvalue weighted by atomic mass is 32.2. The van der Waals surface area contributed by atoms with Crippen LogP contribution in [0.25, 0.3) is 0 Å². The molecule has 0 radical (unpaired) electrons. The Hall–Kier alpha value is -1.75. The molecule has 0 unspecified atom stereocenters. The molecule has 1 aromatic heterocycles. The van der Waals surface area contributed by atoms with Crippen molar-refractivity contribution in [2.45, 2.75) is 36.6 Å². The molecule has 0 bridgehead atoms. The molecule has 100 valence electrons. The summed E-state index contributed by atoms with van der Waals surface area (Å²) >= 11 is 1.42. The Morgan fingerprint density at radius 2 is 1.79 bits per heavy atom. The van der Waals surface area contributed by atoms with Crippen molar-refractivity contribution in [2.24, 2.45) is 0 Å². The highest BCUT2D eigenvalue weighted by molar-refractivity contribution is 7.99. The van der Waals surface area contributed by atoms with Gasteiger partial charge in [0.2, 0.25) is 0 Å². The van der Waals surface area contributed by atoms with E-state index < -0.39 is 5.69 Å². The molecule has 1 aromatic carbocycles. The number of aromatic amines is 2. The third-order valence-corrected chi connectivity index (χ3v) is 4.03. The van der Waals surface area contributed by atoms with E-state index in [1.54, 1.807) is 0 Å². The van der Waals surface area contributed by atoms with Gasteiger partial charge in [0.25, 0.3) is 5.56 Å². The van der Waals surface area contributed by atoms with Crippen molar-refractivity contribution in [1.82, 2.24) is 9.97 Å². The van der Waals surface area contributed by atoms with Crippen molar-refractivity contribution in [2.75, 3.05) is 0 Å². The van der Waals surface area contributed by atoms with Gasteiger partial charge in [0, 0.05) is 4.90 Å². The first-order valence-corrected chi connectivity index (χ1v) is 6.90. The summed E-state index contributed by atoms with van der Waals surface area (Å²) in [6, 6.07) is 7.88. The zero-order chi connectivity index (χ0) is 14.0. The minimum absolute atomic E-state index is 0.0483. The van der Waals surface area contributed by atoms with E-state index in [-0.39, 0.29) is 11.5 Å². The average Bonchev–Trinajstić information content (AvgIpc) is 2.30. The molecule has 0 saturated carbocycles. The van der Waals surface area contributed by atoms with Crippen molar-refractivity contribution >= 4 is 11.8 Å². The fraction of sp³-hybridized carbons (Fsp3) is 0.286. The third-order valence-electron chi connectivity index (χ3n) is 2.83. The Balaban J connectivity index is 2.54. The quantitative estimate of drug-likeness (QED) is 0.847. The second-order valence-electron chi connectivity index (χ2n) is 4.67. The molecule has 1 heterocycles. The van der Waals surface area contributed by atoms with Gasteiger partial charge in [0.15, 0.2) is 0 Å². The van der Waals surface area contributed by atoms with Gasteiger partial charge in [-0.05, 0) is 24.5 Å². The fourth-order valence-corrected chi connectivity index (χ4v) is 3.04. The van der Waals surface area contributed by atoms with E-state index in [1.165, 1.54) is 11.8 Å². The highest BCUT2D eigenvalue weighted by Crippen LogP contribution is 2.31.